The summed E-state index contributed by atoms with van der Waals surface area (Å²) in [4.78, 5) is 0. The summed E-state index contributed by atoms with van der Waals surface area (Å²) in [5.74, 6) is 0. The quantitative estimate of drug-likeness (QED) is 0.206. The molecule has 0 spiro atoms. The maximum atomic E-state index is 13.5. The number of unbranched alkanes of at least 4 members (excludes halogenated alkanes) is 1. The van der Waals surface area contributed by atoms with Crippen LogP contribution >= 0.6 is 17.0 Å². The molecule has 3 aromatic carbocycles. The molecular weight excluding hydrogens is 576 g/mol. The Morgan fingerprint density at radius 3 is 1.82 bits per heavy atom. The zero-order valence-electron chi connectivity index (χ0n) is 19.2. The standard InChI is InChI=1S/C25H25F6.2ClH.Zr/c1-5-6-7-15-10-16-8-9-21(23(2,3)4)22(20(16)11-15)17-12-18(24(26,27)28)14-19(13-17)25(29,30)31;;;/h8-14H,5-7H2,1-4H3;2*1H;/q-1;;;+2/p-2. The molecule has 34 heavy (non-hydrogen) atoms. The van der Waals surface area contributed by atoms with Gasteiger partial charge >= 0.3 is 50.2 Å². The fourth-order valence-electron chi connectivity index (χ4n) is 3.90. The van der Waals surface area contributed by atoms with E-state index in [-0.39, 0.29) is 11.6 Å². The van der Waals surface area contributed by atoms with Gasteiger partial charge < -0.3 is 0 Å². The van der Waals surface area contributed by atoms with Gasteiger partial charge in [-0.05, 0) is 35.6 Å². The molecule has 0 nitrogen and oxygen atoms in total. The Morgan fingerprint density at radius 2 is 1.38 bits per heavy atom. The van der Waals surface area contributed by atoms with Crippen LogP contribution in [0.3, 0.4) is 0 Å². The van der Waals surface area contributed by atoms with Crippen LogP contribution in [0.2, 0.25) is 0 Å². The van der Waals surface area contributed by atoms with E-state index in [1.165, 1.54) is 0 Å². The van der Waals surface area contributed by atoms with Gasteiger partial charge in [-0.3, -0.25) is 0 Å². The summed E-state index contributed by atoms with van der Waals surface area (Å²) in [5, 5.41) is 1.51. The second-order valence-corrected chi connectivity index (χ2v) is 12.8. The molecule has 0 fully saturated rings. The van der Waals surface area contributed by atoms with Crippen LogP contribution in [0.1, 0.15) is 62.8 Å². The van der Waals surface area contributed by atoms with Crippen molar-refractivity contribution in [1.82, 2.24) is 0 Å². The molecule has 0 atom stereocenters. The van der Waals surface area contributed by atoms with Gasteiger partial charge in [0, 0.05) is 0 Å². The molecule has 186 valence electrons. The Morgan fingerprint density at radius 1 is 0.853 bits per heavy atom. The Balaban J connectivity index is 0.00000129. The molecule has 0 aromatic heterocycles. The van der Waals surface area contributed by atoms with Gasteiger partial charge in [0.05, 0.1) is 11.1 Å². The number of halogens is 8. The van der Waals surface area contributed by atoms with E-state index < -0.39 is 49.7 Å². The number of rotatable bonds is 4. The summed E-state index contributed by atoms with van der Waals surface area (Å²) in [7, 11) is 9.87. The predicted molar refractivity (Wildman–Crippen MR) is 124 cm³/mol. The van der Waals surface area contributed by atoms with Crippen LogP contribution in [0.15, 0.2) is 42.5 Å². The maximum absolute atomic E-state index is 13.5. The van der Waals surface area contributed by atoms with Gasteiger partial charge in [0.1, 0.15) is 0 Å². The molecule has 0 radical (unpaired) electrons. The summed E-state index contributed by atoms with van der Waals surface area (Å²) in [5.41, 5.74) is -0.961. The third-order valence-electron chi connectivity index (χ3n) is 5.45. The van der Waals surface area contributed by atoms with E-state index in [2.05, 4.69) is 6.92 Å². The van der Waals surface area contributed by atoms with Gasteiger partial charge in [0.25, 0.3) is 0 Å². The molecule has 0 saturated carbocycles. The Bertz CT molecular complexity index is 1080. The van der Waals surface area contributed by atoms with E-state index in [1.54, 1.807) is 0 Å². The third kappa shape index (κ3) is 7.30. The number of aryl methyl sites for hydroxylation is 1. The second kappa shape index (κ2) is 11.4. The van der Waals surface area contributed by atoms with E-state index in [1.807, 2.05) is 45.0 Å². The first-order valence-corrected chi connectivity index (χ1v) is 17.0. The zero-order valence-corrected chi connectivity index (χ0v) is 23.2. The molecule has 0 saturated heterocycles. The minimum absolute atomic E-state index is 0.0645. The number of hydrogen-bond donors (Lipinski definition) is 0. The van der Waals surface area contributed by atoms with E-state index in [4.69, 9.17) is 17.0 Å². The van der Waals surface area contributed by atoms with Gasteiger partial charge in [0.15, 0.2) is 0 Å². The summed E-state index contributed by atoms with van der Waals surface area (Å²) in [6.45, 7) is 7.76. The summed E-state index contributed by atoms with van der Waals surface area (Å²) in [6, 6.07) is 9.43. The summed E-state index contributed by atoms with van der Waals surface area (Å²) < 4.78 is 80.9. The molecule has 0 aliphatic carbocycles. The van der Waals surface area contributed by atoms with Crippen molar-refractivity contribution in [2.24, 2.45) is 0 Å². The topological polar surface area (TPSA) is 0 Å². The monoisotopic (exact) mass is 599 g/mol. The van der Waals surface area contributed by atoms with Crippen molar-refractivity contribution in [2.75, 3.05) is 0 Å². The Labute approximate surface area is 214 Å². The van der Waals surface area contributed by atoms with Gasteiger partial charge in [0.2, 0.25) is 0 Å². The van der Waals surface area contributed by atoms with E-state index in [0.717, 1.165) is 42.3 Å². The van der Waals surface area contributed by atoms with Crippen LogP contribution in [-0.4, -0.2) is 0 Å². The fraction of sp³-hybridized carbons (Fsp3) is 0.400. The molecule has 0 heterocycles. The molecule has 9 heteroatoms. The van der Waals surface area contributed by atoms with Gasteiger partial charge in [-0.15, -0.1) is 34.5 Å². The average molecular weight is 602 g/mol. The van der Waals surface area contributed by atoms with Gasteiger partial charge in [-0.1, -0.05) is 51.7 Å². The van der Waals surface area contributed by atoms with Crippen molar-refractivity contribution in [3.05, 3.63) is 64.7 Å². The van der Waals surface area contributed by atoms with Crippen molar-refractivity contribution >= 4 is 27.8 Å². The number of hydrogen-bond acceptors (Lipinski definition) is 0. The molecular formula is C25H25Cl2F6Zr-. The first kappa shape index (κ1) is 29.3. The second-order valence-electron chi connectivity index (χ2n) is 9.07. The van der Waals surface area contributed by atoms with Crippen molar-refractivity contribution < 1.29 is 47.2 Å². The Kier molecular flexibility index (Phi) is 9.86. The van der Waals surface area contributed by atoms with Crippen LogP contribution < -0.4 is 0 Å². The van der Waals surface area contributed by atoms with Crippen LogP contribution in [0.5, 0.6) is 0 Å². The van der Waals surface area contributed by atoms with E-state index in [9.17, 15) is 26.3 Å². The Hall–Kier alpha value is -0.907. The molecule has 0 bridgehead atoms. The van der Waals surface area contributed by atoms with Crippen molar-refractivity contribution in [1.29, 1.82) is 0 Å². The van der Waals surface area contributed by atoms with Gasteiger partial charge in [-0.2, -0.15) is 32.4 Å². The molecule has 3 rings (SSSR count). The molecule has 0 unspecified atom stereocenters. The first-order chi connectivity index (χ1) is 15.6. The van der Waals surface area contributed by atoms with Crippen LogP contribution in [-0.2, 0) is 45.0 Å². The van der Waals surface area contributed by atoms with E-state index in [0.29, 0.717) is 16.5 Å². The molecule has 0 N–H and O–H groups in total. The van der Waals surface area contributed by atoms with E-state index >= 15 is 0 Å². The van der Waals surface area contributed by atoms with Crippen LogP contribution in [0.25, 0.3) is 21.9 Å². The summed E-state index contributed by atoms with van der Waals surface area (Å²) >= 11 is -0.826. The van der Waals surface area contributed by atoms with Crippen molar-refractivity contribution in [2.45, 2.75) is 64.7 Å². The molecule has 0 aliphatic heterocycles. The fourth-order valence-corrected chi connectivity index (χ4v) is 3.90. The molecule has 0 amide bonds. The average Bonchev–Trinajstić information content (AvgIpc) is 3.12. The molecule has 0 aliphatic rings. The molecule has 3 aromatic rings. The third-order valence-corrected chi connectivity index (χ3v) is 5.45. The first-order valence-electron chi connectivity index (χ1n) is 10.6. The van der Waals surface area contributed by atoms with Crippen LogP contribution in [0.4, 0.5) is 26.3 Å². The number of benzene rings is 2. The SMILES string of the molecule is CCCCc1cc2c(-c3cc(C(F)(F)F)cc(C(F)(F)F)c3)c(C(C)(C)C)ccc2[cH-]1.[Cl][Zr][Cl]. The predicted octanol–water partition coefficient (Wildman–Crippen LogP) is 10.3. The van der Waals surface area contributed by atoms with Crippen LogP contribution in [0, 0.1) is 0 Å². The zero-order chi connectivity index (χ0) is 25.9. The normalized spacial score (nSPS) is 12.5. The summed E-state index contributed by atoms with van der Waals surface area (Å²) in [6.07, 6.45) is -7.01. The van der Waals surface area contributed by atoms with Crippen molar-refractivity contribution in [3.8, 4) is 11.1 Å². The minimum atomic E-state index is -4.88. The number of alkyl halides is 6. The van der Waals surface area contributed by atoms with Crippen molar-refractivity contribution in [3.63, 3.8) is 0 Å². The number of fused-ring (bicyclic) bond motifs is 1. The van der Waals surface area contributed by atoms with Gasteiger partial charge in [-0.25, -0.2) is 0 Å².